The Morgan fingerprint density at radius 3 is 0.182 bits per heavy atom. The molecule has 0 unspecified atom stereocenters. The van der Waals surface area contributed by atoms with Crippen LogP contribution in [0.3, 0.4) is 0 Å². The summed E-state index contributed by atoms with van der Waals surface area (Å²) in [5.41, 5.74) is 0. The quantitative estimate of drug-likeness (QED) is 0.374. The van der Waals surface area contributed by atoms with Crippen LogP contribution in [0.1, 0.15) is 149 Å². The third kappa shape index (κ3) is 28900. The van der Waals surface area contributed by atoms with Crippen LogP contribution in [0.4, 0.5) is 0 Å². The van der Waals surface area contributed by atoms with Gasteiger partial charge >= 0.3 is 0 Å². The minimum Gasteiger partial charge on any atom is -0.0776 e. The van der Waals surface area contributed by atoms with Gasteiger partial charge in [-0.1, -0.05) is 160 Å². The van der Waals surface area contributed by atoms with Gasteiger partial charge in [0.25, 0.3) is 0 Å². The molecule has 0 spiro atoms. The van der Waals surface area contributed by atoms with Crippen LogP contribution in [0.25, 0.3) is 0 Å². The van der Waals surface area contributed by atoms with E-state index in [2.05, 4.69) is 19.8 Å². The highest BCUT2D eigenvalue weighted by Crippen LogP contribution is 1.26. The van der Waals surface area contributed by atoms with E-state index in [4.69, 9.17) is 0 Å². The average Bonchev–Trinajstić information content (AvgIpc) is 1.00. The molecule has 0 heterocycles. The zero-order chi connectivity index (χ0) is 2.00. The van der Waals surface area contributed by atoms with Gasteiger partial charge < -0.3 is 0 Å². The van der Waals surface area contributed by atoms with Gasteiger partial charge in [-0.25, -0.2) is 0 Å². The smallest absolute Gasteiger partial charge is 0.0437 e. The van der Waals surface area contributed by atoms with E-state index >= 15 is 0 Å². The highest BCUT2D eigenvalue weighted by atomic mass is 32.4. The molecule has 0 fully saturated rings. The van der Waals surface area contributed by atoms with Crippen LogP contribution in [0, 0.1) is 0 Å². The lowest BCUT2D eigenvalue weighted by atomic mass is 12.0. The highest BCUT2D eigenvalue weighted by molar-refractivity contribution is 7.88. The molecule has 22 heavy (non-hydrogen) atoms. The first kappa shape index (κ1) is 4510. The van der Waals surface area contributed by atoms with Crippen LogP contribution >= 0.6 is 8.02 Å². The fourth-order valence-corrected chi connectivity index (χ4v) is 0. The Morgan fingerprint density at radius 1 is 0.182 bits per heavy atom. The van der Waals surface area contributed by atoms with Crippen LogP contribution in [0.2, 0.25) is 0 Å². The van der Waals surface area contributed by atoms with Gasteiger partial charge in [-0.15, -0.1) is 0 Å². The molecule has 2 heteroatoms. The van der Waals surface area contributed by atoms with Crippen LogP contribution in [0.5, 0.6) is 0 Å². The van der Waals surface area contributed by atoms with Crippen molar-refractivity contribution in [2.24, 2.45) is 0 Å². The van der Waals surface area contributed by atoms with E-state index in [1.54, 1.807) is 0 Å². The zero-order valence-electron chi connectivity index (χ0n) is 0.908. The topological polar surface area (TPSA) is 0 Å². The molecule has 0 nitrogen and oxygen atoms in total. The van der Waals surface area contributed by atoms with Crippen molar-refractivity contribution in [2.75, 3.05) is 0 Å². The third-order valence-corrected chi connectivity index (χ3v) is 0. The van der Waals surface area contributed by atoms with Crippen molar-refractivity contribution in [3.63, 3.8) is 0 Å². The summed E-state index contributed by atoms with van der Waals surface area (Å²) in [6.45, 7) is 0. The summed E-state index contributed by atoms with van der Waals surface area (Å²) in [5.74, 6) is 0. The van der Waals surface area contributed by atoms with Crippen molar-refractivity contribution >= 4 is 19.8 Å². The molecule has 0 rings (SSSR count). The van der Waals surface area contributed by atoms with Crippen LogP contribution < -0.4 is 0 Å². The Morgan fingerprint density at radius 2 is 0.182 bits per heavy atom. The Labute approximate surface area is 168 Å². The van der Waals surface area contributed by atoms with Gasteiger partial charge in [0.05, 0.1) is 0 Å². The summed E-state index contributed by atoms with van der Waals surface area (Å²) >= 11 is 3.89. The lowest BCUT2D eigenvalue weighted by Gasteiger charge is -0.760. The lowest BCUT2D eigenvalue weighted by molar-refractivity contribution is 2.50. The SMILES string of the molecule is C.C.C.C.C.C.C.C.C.C.C.C.C.C.C.C.C.C.C.C.P=S. The predicted molar refractivity (Wildman–Crippen MR) is 150 cm³/mol. The lowest BCUT2D eigenvalue weighted by Crippen LogP contribution is -0.399. The Kier molecular flexibility index (Phi) is 6880000. The van der Waals surface area contributed by atoms with Crippen molar-refractivity contribution < 1.29 is 0 Å². The summed E-state index contributed by atoms with van der Waals surface area (Å²) in [6, 6.07) is 0. The molecular formula is C20H81PS. The Balaban J connectivity index is -0.0000000000263. The first-order chi connectivity index (χ1) is 1.00. The van der Waals surface area contributed by atoms with Gasteiger partial charge in [0.2, 0.25) is 0 Å². The maximum Gasteiger partial charge on any atom is -0.0437 e. The van der Waals surface area contributed by atoms with E-state index in [1.807, 2.05) is 0 Å². The molecule has 0 amide bonds. The highest BCUT2D eigenvalue weighted by Gasteiger charge is 0.655. The standard InChI is InChI=1S/20CH4.HPS/c;;;;;;;;;;;;;;;;;;;;1-2/h20*1H4;1H. The largest absolute Gasteiger partial charge is 0.0776 e. The molecule has 0 N–H and O–H groups in total. The predicted octanol–water partition coefficient (Wildman–Crippen LogP) is 13.3. The minimum absolute atomic E-state index is 0. The number of hydrogen-bond acceptors (Lipinski definition) is 1. The fourth-order valence-electron chi connectivity index (χ4n) is 0. The normalized spacial score (nSPS) is 0.182. The van der Waals surface area contributed by atoms with Crippen molar-refractivity contribution in [1.29, 1.82) is 0 Å². The van der Waals surface area contributed by atoms with Crippen LogP contribution in [-0.2, 0) is 11.8 Å². The molecule has 0 aromatic carbocycles. The summed E-state index contributed by atoms with van der Waals surface area (Å²) < 4.78 is 0. The van der Waals surface area contributed by atoms with Gasteiger partial charge in [-0.2, -0.15) is 0 Å². The second-order valence-corrected chi connectivity index (χ2v) is 0. The molecular weight excluding hydrogens is 303 g/mol. The average molecular weight is 385 g/mol. The monoisotopic (exact) mass is 385 g/mol. The third-order valence-electron chi connectivity index (χ3n) is 0. The number of rotatable bonds is 0. The molecule has 0 aliphatic carbocycles. The van der Waals surface area contributed by atoms with E-state index in [9.17, 15) is 0 Å². The maximum atomic E-state index is 3.89. The van der Waals surface area contributed by atoms with Gasteiger partial charge in [-0.3, -0.25) is 0 Å². The molecule has 0 atom stereocenters. The van der Waals surface area contributed by atoms with Crippen LogP contribution in [0.15, 0.2) is 0 Å². The van der Waals surface area contributed by atoms with Gasteiger partial charge in [0, 0.05) is 0 Å². The van der Waals surface area contributed by atoms with Gasteiger partial charge in [0.1, 0.15) is 0 Å². The molecule has 0 aliphatic heterocycles. The van der Waals surface area contributed by atoms with Crippen molar-refractivity contribution in [3.8, 4) is 0 Å². The van der Waals surface area contributed by atoms with Crippen molar-refractivity contribution in [1.82, 2.24) is 0 Å². The molecule has 0 aromatic heterocycles. The van der Waals surface area contributed by atoms with E-state index in [0.717, 1.165) is 0 Å². The summed E-state index contributed by atoms with van der Waals surface area (Å²) in [7, 11) is 2.56. The molecule has 0 aliphatic rings. The van der Waals surface area contributed by atoms with E-state index in [1.165, 1.54) is 0 Å². The fraction of sp³-hybridized carbons (Fsp3) is 1.00. The molecule has 0 bridgehead atoms. The zero-order valence-corrected chi connectivity index (χ0v) is 2.72. The first-order valence-corrected chi connectivity index (χ1v) is 1.84. The van der Waals surface area contributed by atoms with E-state index < -0.39 is 0 Å². The van der Waals surface area contributed by atoms with Crippen molar-refractivity contribution in [3.05, 3.63) is 0 Å². The molecule has 0 saturated carbocycles. The summed E-state index contributed by atoms with van der Waals surface area (Å²) in [5, 5.41) is 0. The molecule has 0 aromatic rings. The van der Waals surface area contributed by atoms with E-state index in [0.29, 0.717) is 0 Å². The maximum absolute atomic E-state index is 3.89. The minimum atomic E-state index is 0. The second-order valence-electron chi connectivity index (χ2n) is 0. The molecule has 0 radical (unpaired) electrons. The summed E-state index contributed by atoms with van der Waals surface area (Å²) in [6.07, 6.45) is 0. The first-order valence-electron chi connectivity index (χ1n) is 0.204. The van der Waals surface area contributed by atoms with Gasteiger partial charge in [0.15, 0.2) is 0 Å². The number of hydrogen-bond donors (Lipinski definition) is 0. The Bertz CT molecular complexity index is 11.7. The van der Waals surface area contributed by atoms with Gasteiger partial charge in [-0.05, 0) is 8.02 Å². The Hall–Kier alpha value is 0.520. The summed E-state index contributed by atoms with van der Waals surface area (Å²) in [4.78, 5) is 0. The molecule has 172 valence electrons. The molecule has 0 saturated heterocycles. The second kappa shape index (κ2) is 33500. The van der Waals surface area contributed by atoms with Crippen molar-refractivity contribution in [2.45, 2.75) is 149 Å². The van der Waals surface area contributed by atoms with Crippen LogP contribution in [-0.4, -0.2) is 0 Å². The van der Waals surface area contributed by atoms with E-state index in [-0.39, 0.29) is 149 Å².